The van der Waals surface area contributed by atoms with Gasteiger partial charge in [-0.1, -0.05) is 19.0 Å². The fourth-order valence-corrected chi connectivity index (χ4v) is 3.55. The molecule has 0 bridgehead atoms. The molecule has 2 heterocycles. The first-order valence-corrected chi connectivity index (χ1v) is 8.96. The fourth-order valence-electron chi connectivity index (χ4n) is 3.55. The quantitative estimate of drug-likeness (QED) is 0.847. The van der Waals surface area contributed by atoms with Gasteiger partial charge in [-0.15, -0.1) is 12.4 Å². The Kier molecular flexibility index (Phi) is 6.26. The summed E-state index contributed by atoms with van der Waals surface area (Å²) >= 11 is 0. The normalized spacial score (nSPS) is 21.5. The molecule has 24 heavy (non-hydrogen) atoms. The van der Waals surface area contributed by atoms with Crippen LogP contribution in [0.4, 0.5) is 0 Å². The van der Waals surface area contributed by atoms with Gasteiger partial charge in [0, 0.05) is 31.5 Å². The van der Waals surface area contributed by atoms with Gasteiger partial charge in [0.15, 0.2) is 5.82 Å². The van der Waals surface area contributed by atoms with E-state index < -0.39 is 5.41 Å². The molecule has 1 amide bonds. The number of piperidine rings is 1. The Bertz CT molecular complexity index is 546. The van der Waals surface area contributed by atoms with Crippen LogP contribution in [-0.2, 0) is 4.79 Å². The van der Waals surface area contributed by atoms with Crippen LogP contribution >= 0.6 is 12.4 Å². The second-order valence-corrected chi connectivity index (χ2v) is 7.05. The zero-order valence-corrected chi connectivity index (χ0v) is 15.5. The van der Waals surface area contributed by atoms with Crippen LogP contribution in [0.3, 0.4) is 0 Å². The van der Waals surface area contributed by atoms with Gasteiger partial charge in [-0.3, -0.25) is 4.79 Å². The van der Waals surface area contributed by atoms with Crippen LogP contribution in [0.15, 0.2) is 4.52 Å². The number of nitrogens with zero attached hydrogens (tertiary/aromatic N) is 3. The summed E-state index contributed by atoms with van der Waals surface area (Å²) < 4.78 is 5.38. The topological polar surface area (TPSA) is 85.3 Å². The highest BCUT2D eigenvalue weighted by Crippen LogP contribution is 2.40. The molecule has 2 fully saturated rings. The molecular weight excluding hydrogens is 328 g/mol. The van der Waals surface area contributed by atoms with Gasteiger partial charge < -0.3 is 15.2 Å². The van der Waals surface area contributed by atoms with Crippen LogP contribution in [0.25, 0.3) is 0 Å². The van der Waals surface area contributed by atoms with Gasteiger partial charge in [0.05, 0.1) is 5.41 Å². The first-order valence-electron chi connectivity index (χ1n) is 8.96. The third-order valence-electron chi connectivity index (χ3n) is 5.66. The van der Waals surface area contributed by atoms with Gasteiger partial charge in [-0.2, -0.15) is 4.98 Å². The van der Waals surface area contributed by atoms with Crippen molar-refractivity contribution in [1.82, 2.24) is 15.0 Å². The largest absolute Gasteiger partial charge is 0.341 e. The lowest BCUT2D eigenvalue weighted by Gasteiger charge is -2.39. The number of carbonyl (C=O) groups excluding carboxylic acids is 1. The van der Waals surface area contributed by atoms with E-state index in [9.17, 15) is 4.79 Å². The third kappa shape index (κ3) is 3.59. The number of amides is 1. The molecule has 1 atom stereocenters. The highest BCUT2D eigenvalue weighted by Gasteiger charge is 2.39. The van der Waals surface area contributed by atoms with Crippen LogP contribution in [-0.4, -0.2) is 40.6 Å². The minimum absolute atomic E-state index is 0. The number of hydrogen-bond acceptors (Lipinski definition) is 5. The molecule has 1 aliphatic carbocycles. The fraction of sp³-hybridized carbons (Fsp3) is 0.824. The number of halogens is 1. The molecule has 1 saturated heterocycles. The SMILES string of the molecule is CCC(CC)(CN)C(=O)N1CCCC(c2noc(C3CC3)n2)C1.Cl. The molecule has 1 aliphatic heterocycles. The lowest BCUT2D eigenvalue weighted by molar-refractivity contribution is -0.143. The standard InChI is InChI=1S/C17H28N4O2.ClH/c1-3-17(4-2,11-18)16(22)21-9-5-6-13(10-21)14-19-15(23-20-14)12-7-8-12;/h12-13H,3-11,18H2,1-2H3;1H. The van der Waals surface area contributed by atoms with Crippen LogP contribution in [0.2, 0.25) is 0 Å². The predicted octanol–water partition coefficient (Wildman–Crippen LogP) is 2.84. The van der Waals surface area contributed by atoms with E-state index in [1.165, 1.54) is 0 Å². The third-order valence-corrected chi connectivity index (χ3v) is 5.66. The van der Waals surface area contributed by atoms with Gasteiger partial charge in [-0.25, -0.2) is 0 Å². The molecule has 136 valence electrons. The summed E-state index contributed by atoms with van der Waals surface area (Å²) in [6.45, 7) is 6.01. The van der Waals surface area contributed by atoms with Crippen molar-refractivity contribution in [3.8, 4) is 0 Å². The maximum absolute atomic E-state index is 13.0. The van der Waals surface area contributed by atoms with E-state index in [0.29, 0.717) is 19.0 Å². The Morgan fingerprint density at radius 3 is 2.58 bits per heavy atom. The Labute approximate surface area is 149 Å². The average molecular weight is 357 g/mol. The molecule has 0 radical (unpaired) electrons. The summed E-state index contributed by atoms with van der Waals surface area (Å²) in [5.74, 6) is 2.41. The first kappa shape index (κ1) is 19.2. The lowest BCUT2D eigenvalue weighted by Crippen LogP contribution is -2.50. The van der Waals surface area contributed by atoms with Gasteiger partial charge in [0.25, 0.3) is 0 Å². The van der Waals surface area contributed by atoms with E-state index in [0.717, 1.165) is 56.8 Å². The van der Waals surface area contributed by atoms with Crippen molar-refractivity contribution in [2.24, 2.45) is 11.1 Å². The molecule has 6 nitrogen and oxygen atoms in total. The molecule has 1 aromatic rings. The van der Waals surface area contributed by atoms with E-state index >= 15 is 0 Å². The Morgan fingerprint density at radius 1 is 1.29 bits per heavy atom. The molecule has 0 aromatic carbocycles. The van der Waals surface area contributed by atoms with Crippen molar-refractivity contribution in [1.29, 1.82) is 0 Å². The molecule has 2 aliphatic rings. The van der Waals surface area contributed by atoms with Crippen molar-refractivity contribution >= 4 is 18.3 Å². The summed E-state index contributed by atoms with van der Waals surface area (Å²) in [6.07, 6.45) is 5.88. The van der Waals surface area contributed by atoms with Crippen molar-refractivity contribution in [2.75, 3.05) is 19.6 Å². The summed E-state index contributed by atoms with van der Waals surface area (Å²) in [6, 6.07) is 0. The monoisotopic (exact) mass is 356 g/mol. The molecular formula is C17H29ClN4O2. The van der Waals surface area contributed by atoms with E-state index in [4.69, 9.17) is 10.3 Å². The Balaban J connectivity index is 0.00000208. The van der Waals surface area contributed by atoms with Crippen LogP contribution in [0, 0.1) is 5.41 Å². The molecule has 1 aromatic heterocycles. The highest BCUT2D eigenvalue weighted by molar-refractivity contribution is 5.85. The molecule has 7 heteroatoms. The smallest absolute Gasteiger partial charge is 0.230 e. The zero-order valence-electron chi connectivity index (χ0n) is 14.7. The van der Waals surface area contributed by atoms with Crippen LogP contribution in [0.1, 0.15) is 75.9 Å². The summed E-state index contributed by atoms with van der Waals surface area (Å²) in [5, 5.41) is 4.17. The lowest BCUT2D eigenvalue weighted by atomic mass is 9.80. The maximum atomic E-state index is 13.0. The zero-order chi connectivity index (χ0) is 16.4. The number of hydrogen-bond donors (Lipinski definition) is 1. The minimum Gasteiger partial charge on any atom is -0.341 e. The Morgan fingerprint density at radius 2 is 2.00 bits per heavy atom. The van der Waals surface area contributed by atoms with Crippen LogP contribution in [0.5, 0.6) is 0 Å². The van der Waals surface area contributed by atoms with Crippen molar-refractivity contribution < 1.29 is 9.32 Å². The maximum Gasteiger partial charge on any atom is 0.230 e. The van der Waals surface area contributed by atoms with Crippen molar-refractivity contribution in [2.45, 2.75) is 64.2 Å². The predicted molar refractivity (Wildman–Crippen MR) is 94.1 cm³/mol. The van der Waals surface area contributed by atoms with Gasteiger partial charge in [0.2, 0.25) is 11.8 Å². The van der Waals surface area contributed by atoms with E-state index in [-0.39, 0.29) is 24.2 Å². The van der Waals surface area contributed by atoms with Crippen LogP contribution < -0.4 is 5.73 Å². The van der Waals surface area contributed by atoms with Gasteiger partial charge in [-0.05, 0) is 38.5 Å². The molecule has 3 rings (SSSR count). The second kappa shape index (κ2) is 7.83. The number of rotatable bonds is 6. The van der Waals surface area contributed by atoms with Crippen molar-refractivity contribution in [3.05, 3.63) is 11.7 Å². The second-order valence-electron chi connectivity index (χ2n) is 7.05. The molecule has 1 saturated carbocycles. The van der Waals surface area contributed by atoms with E-state index in [2.05, 4.69) is 24.0 Å². The average Bonchev–Trinajstić information content (AvgIpc) is 3.34. The molecule has 2 N–H and O–H groups in total. The number of carbonyl (C=O) groups is 1. The first-order chi connectivity index (χ1) is 11.1. The van der Waals surface area contributed by atoms with E-state index in [1.54, 1.807) is 0 Å². The van der Waals surface area contributed by atoms with Crippen molar-refractivity contribution in [3.63, 3.8) is 0 Å². The van der Waals surface area contributed by atoms with E-state index in [1.807, 2.05) is 4.90 Å². The van der Waals surface area contributed by atoms with Gasteiger partial charge >= 0.3 is 0 Å². The summed E-state index contributed by atoms with van der Waals surface area (Å²) in [7, 11) is 0. The number of aromatic nitrogens is 2. The number of likely N-dealkylation sites (tertiary alicyclic amines) is 1. The molecule has 0 spiro atoms. The van der Waals surface area contributed by atoms with Gasteiger partial charge in [0.1, 0.15) is 0 Å². The molecule has 1 unspecified atom stereocenters. The summed E-state index contributed by atoms with van der Waals surface area (Å²) in [5.41, 5.74) is 5.52. The minimum atomic E-state index is -0.418. The number of nitrogens with two attached hydrogens (primary N) is 1. The Hall–Kier alpha value is -1.14. The summed E-state index contributed by atoms with van der Waals surface area (Å²) in [4.78, 5) is 19.5. The highest BCUT2D eigenvalue weighted by atomic mass is 35.5.